The molecular formula is C16H23ClN2O. The van der Waals surface area contributed by atoms with Crippen LogP contribution in [-0.4, -0.2) is 11.4 Å². The Morgan fingerprint density at radius 2 is 2.00 bits per heavy atom. The highest BCUT2D eigenvalue weighted by Crippen LogP contribution is 2.45. The number of nitrogens with two attached hydrogens (primary N) is 1. The van der Waals surface area contributed by atoms with Gasteiger partial charge in [0.1, 0.15) is 5.54 Å². The van der Waals surface area contributed by atoms with Crippen molar-refractivity contribution in [3.63, 3.8) is 0 Å². The summed E-state index contributed by atoms with van der Waals surface area (Å²) in [5, 5.41) is 3.96. The van der Waals surface area contributed by atoms with E-state index in [1.54, 1.807) is 0 Å². The van der Waals surface area contributed by atoms with E-state index in [9.17, 15) is 4.79 Å². The topological polar surface area (TPSA) is 55.1 Å². The molecule has 20 heavy (non-hydrogen) atoms. The van der Waals surface area contributed by atoms with Crippen LogP contribution in [0.2, 0.25) is 5.02 Å². The summed E-state index contributed by atoms with van der Waals surface area (Å²) in [6.45, 7) is 6.55. The average Bonchev–Trinajstić information content (AvgIpc) is 2.29. The van der Waals surface area contributed by atoms with Gasteiger partial charge in [-0.3, -0.25) is 4.79 Å². The van der Waals surface area contributed by atoms with Crippen LogP contribution >= 0.6 is 11.6 Å². The van der Waals surface area contributed by atoms with Crippen molar-refractivity contribution in [3.05, 3.63) is 29.3 Å². The average molecular weight is 295 g/mol. The first-order chi connectivity index (χ1) is 9.24. The Morgan fingerprint density at radius 1 is 1.35 bits per heavy atom. The summed E-state index contributed by atoms with van der Waals surface area (Å²) < 4.78 is 0. The van der Waals surface area contributed by atoms with Crippen molar-refractivity contribution in [2.24, 2.45) is 17.1 Å². The molecule has 110 valence electrons. The Hall–Kier alpha value is -1.22. The Kier molecular flexibility index (Phi) is 4.01. The van der Waals surface area contributed by atoms with Gasteiger partial charge >= 0.3 is 0 Å². The molecule has 2 atom stereocenters. The predicted octanol–water partition coefficient (Wildman–Crippen LogP) is 3.82. The van der Waals surface area contributed by atoms with Gasteiger partial charge in [-0.05, 0) is 42.7 Å². The van der Waals surface area contributed by atoms with Crippen molar-refractivity contribution in [2.45, 2.75) is 45.6 Å². The first-order valence-corrected chi connectivity index (χ1v) is 7.45. The van der Waals surface area contributed by atoms with Gasteiger partial charge in [-0.15, -0.1) is 0 Å². The molecule has 1 fully saturated rings. The molecule has 1 amide bonds. The monoisotopic (exact) mass is 294 g/mol. The maximum Gasteiger partial charge on any atom is 0.243 e. The van der Waals surface area contributed by atoms with Crippen LogP contribution in [0.1, 0.15) is 40.0 Å². The molecule has 2 unspecified atom stereocenters. The lowest BCUT2D eigenvalue weighted by atomic mass is 9.64. The van der Waals surface area contributed by atoms with E-state index in [1.807, 2.05) is 24.3 Å². The van der Waals surface area contributed by atoms with Crippen LogP contribution in [0.25, 0.3) is 0 Å². The fourth-order valence-corrected chi connectivity index (χ4v) is 3.92. The number of benzene rings is 1. The van der Waals surface area contributed by atoms with Crippen molar-refractivity contribution in [1.82, 2.24) is 0 Å². The van der Waals surface area contributed by atoms with Gasteiger partial charge in [0.05, 0.1) is 10.7 Å². The van der Waals surface area contributed by atoms with Gasteiger partial charge in [0.2, 0.25) is 5.91 Å². The first kappa shape index (κ1) is 15.2. The molecule has 3 nitrogen and oxygen atoms in total. The fraction of sp³-hybridized carbons (Fsp3) is 0.562. The molecule has 0 saturated heterocycles. The normalized spacial score (nSPS) is 28.9. The van der Waals surface area contributed by atoms with Gasteiger partial charge in [0.25, 0.3) is 0 Å². The standard InChI is InChI=1S/C16H23ClN2O/c1-11-8-15(2,3)10-16(9-11,14(18)20)19-13-7-5-4-6-12(13)17/h4-7,11,19H,8-10H2,1-3H3,(H2,18,20). The van der Waals surface area contributed by atoms with Gasteiger partial charge < -0.3 is 11.1 Å². The van der Waals surface area contributed by atoms with Crippen molar-refractivity contribution < 1.29 is 4.79 Å². The second kappa shape index (κ2) is 5.28. The van der Waals surface area contributed by atoms with Gasteiger partial charge in [-0.25, -0.2) is 0 Å². The van der Waals surface area contributed by atoms with E-state index >= 15 is 0 Å². The van der Waals surface area contributed by atoms with Crippen molar-refractivity contribution in [2.75, 3.05) is 5.32 Å². The quantitative estimate of drug-likeness (QED) is 0.890. The Morgan fingerprint density at radius 3 is 2.55 bits per heavy atom. The third-order valence-corrected chi connectivity index (χ3v) is 4.43. The second-order valence-corrected chi connectivity index (χ2v) is 7.31. The SMILES string of the molecule is CC1CC(C)(C)CC(Nc2ccccc2Cl)(C(N)=O)C1. The summed E-state index contributed by atoms with van der Waals surface area (Å²) in [7, 11) is 0. The summed E-state index contributed by atoms with van der Waals surface area (Å²) >= 11 is 6.20. The van der Waals surface area contributed by atoms with Crippen LogP contribution in [0, 0.1) is 11.3 Å². The van der Waals surface area contributed by atoms with E-state index < -0.39 is 5.54 Å². The molecule has 3 N–H and O–H groups in total. The molecular weight excluding hydrogens is 272 g/mol. The number of anilines is 1. The van der Waals surface area contributed by atoms with E-state index in [-0.39, 0.29) is 11.3 Å². The molecule has 1 aliphatic rings. The molecule has 1 aromatic carbocycles. The van der Waals surface area contributed by atoms with Crippen LogP contribution in [0.15, 0.2) is 24.3 Å². The van der Waals surface area contributed by atoms with Crippen LogP contribution in [0.3, 0.4) is 0 Å². The highest BCUT2D eigenvalue weighted by molar-refractivity contribution is 6.33. The Balaban J connectivity index is 2.36. The summed E-state index contributed by atoms with van der Waals surface area (Å²) in [6, 6.07) is 7.48. The zero-order valence-corrected chi connectivity index (χ0v) is 13.1. The van der Waals surface area contributed by atoms with E-state index in [2.05, 4.69) is 26.1 Å². The number of carbonyl (C=O) groups excluding carboxylic acids is 1. The van der Waals surface area contributed by atoms with Crippen LogP contribution in [0.5, 0.6) is 0 Å². The van der Waals surface area contributed by atoms with E-state index in [1.165, 1.54) is 0 Å². The Labute approximate surface area is 125 Å². The lowest BCUT2D eigenvalue weighted by Crippen LogP contribution is -2.56. The molecule has 1 saturated carbocycles. The van der Waals surface area contributed by atoms with E-state index in [4.69, 9.17) is 17.3 Å². The molecule has 0 bridgehead atoms. The molecule has 0 aliphatic heterocycles. The minimum atomic E-state index is -0.716. The van der Waals surface area contributed by atoms with Crippen LogP contribution in [-0.2, 0) is 4.79 Å². The van der Waals surface area contributed by atoms with Crippen molar-refractivity contribution >= 4 is 23.2 Å². The largest absolute Gasteiger partial charge is 0.370 e. The number of hydrogen-bond donors (Lipinski definition) is 2. The fourth-order valence-electron chi connectivity index (χ4n) is 3.74. The molecule has 0 heterocycles. The number of hydrogen-bond acceptors (Lipinski definition) is 2. The third-order valence-electron chi connectivity index (χ3n) is 4.10. The maximum atomic E-state index is 12.1. The molecule has 0 aromatic heterocycles. The zero-order valence-electron chi connectivity index (χ0n) is 12.4. The number of halogens is 1. The number of rotatable bonds is 3. The van der Waals surface area contributed by atoms with Gasteiger partial charge in [0, 0.05) is 0 Å². The number of carbonyl (C=O) groups is 1. The molecule has 1 aromatic rings. The Bertz CT molecular complexity index is 515. The van der Waals surface area contributed by atoms with E-state index in [0.29, 0.717) is 10.9 Å². The number of amides is 1. The van der Waals surface area contributed by atoms with Gasteiger partial charge in [0.15, 0.2) is 0 Å². The van der Waals surface area contributed by atoms with Gasteiger partial charge in [-0.1, -0.05) is 44.5 Å². The molecule has 1 aliphatic carbocycles. The minimum absolute atomic E-state index is 0.0843. The summed E-state index contributed by atoms with van der Waals surface area (Å²) in [4.78, 5) is 12.1. The lowest BCUT2D eigenvalue weighted by molar-refractivity contribution is -0.125. The summed E-state index contributed by atoms with van der Waals surface area (Å²) in [6.07, 6.45) is 2.58. The van der Waals surface area contributed by atoms with Crippen molar-refractivity contribution in [3.8, 4) is 0 Å². The van der Waals surface area contributed by atoms with Crippen LogP contribution in [0.4, 0.5) is 5.69 Å². The zero-order chi connectivity index (χ0) is 15.0. The molecule has 0 radical (unpaired) electrons. The smallest absolute Gasteiger partial charge is 0.243 e. The molecule has 2 rings (SSSR count). The molecule has 4 heteroatoms. The van der Waals surface area contributed by atoms with Crippen LogP contribution < -0.4 is 11.1 Å². The maximum absolute atomic E-state index is 12.1. The second-order valence-electron chi connectivity index (χ2n) is 6.91. The van der Waals surface area contributed by atoms with Gasteiger partial charge in [-0.2, -0.15) is 0 Å². The predicted molar refractivity (Wildman–Crippen MR) is 83.8 cm³/mol. The molecule has 0 spiro atoms. The minimum Gasteiger partial charge on any atom is -0.370 e. The van der Waals surface area contributed by atoms with Crippen molar-refractivity contribution in [1.29, 1.82) is 0 Å². The first-order valence-electron chi connectivity index (χ1n) is 7.07. The number of primary amides is 1. The third kappa shape index (κ3) is 3.09. The lowest BCUT2D eigenvalue weighted by Gasteiger charge is -2.46. The summed E-state index contributed by atoms with van der Waals surface area (Å²) in [5.41, 5.74) is 5.88. The summed E-state index contributed by atoms with van der Waals surface area (Å²) in [5.74, 6) is 0.151. The number of para-hydroxylation sites is 1. The highest BCUT2D eigenvalue weighted by atomic mass is 35.5. The highest BCUT2D eigenvalue weighted by Gasteiger charge is 2.47. The number of nitrogens with one attached hydrogen (secondary N) is 1. The van der Waals surface area contributed by atoms with E-state index in [0.717, 1.165) is 24.9 Å².